The molecule has 7 heteroatoms. The lowest BCUT2D eigenvalue weighted by Crippen LogP contribution is -2.29. The van der Waals surface area contributed by atoms with E-state index in [2.05, 4.69) is 4.72 Å². The van der Waals surface area contributed by atoms with Gasteiger partial charge in [-0.1, -0.05) is 36.8 Å². The summed E-state index contributed by atoms with van der Waals surface area (Å²) in [5, 5.41) is 0. The highest BCUT2D eigenvalue weighted by molar-refractivity contribution is 7.89. The number of rotatable bonds is 7. The normalized spacial score (nSPS) is 15.7. The van der Waals surface area contributed by atoms with Gasteiger partial charge in [0.15, 0.2) is 0 Å². The fourth-order valence-electron chi connectivity index (χ4n) is 3.39. The molecular weight excluding hydrogens is 376 g/mol. The summed E-state index contributed by atoms with van der Waals surface area (Å²) in [5.41, 5.74) is 2.54. The molecule has 1 aliphatic rings. The number of hydrogen-bond acceptors (Lipinski definition) is 4. The van der Waals surface area contributed by atoms with Crippen molar-refractivity contribution in [2.75, 3.05) is 18.6 Å². The molecule has 0 saturated carbocycles. The van der Waals surface area contributed by atoms with Crippen LogP contribution >= 0.6 is 0 Å². The SMILES string of the molecule is CCC(NS(=O)(=O)c1ccc(OC)c(N2CCCC2=O)c1)c1ccc(C)cc1. The van der Waals surface area contributed by atoms with E-state index in [1.165, 1.54) is 19.2 Å². The Morgan fingerprint density at radius 1 is 1.18 bits per heavy atom. The van der Waals surface area contributed by atoms with E-state index in [1.54, 1.807) is 11.0 Å². The molecule has 2 aromatic rings. The Morgan fingerprint density at radius 2 is 1.89 bits per heavy atom. The van der Waals surface area contributed by atoms with Gasteiger partial charge in [0.25, 0.3) is 0 Å². The average molecular weight is 403 g/mol. The highest BCUT2D eigenvalue weighted by atomic mass is 32.2. The summed E-state index contributed by atoms with van der Waals surface area (Å²) in [5.74, 6) is 0.465. The van der Waals surface area contributed by atoms with E-state index >= 15 is 0 Å². The second-order valence-corrected chi connectivity index (χ2v) is 8.69. The van der Waals surface area contributed by atoms with Crippen molar-refractivity contribution < 1.29 is 17.9 Å². The first-order valence-corrected chi connectivity index (χ1v) is 10.9. The number of carbonyl (C=O) groups excluding carboxylic acids is 1. The highest BCUT2D eigenvalue weighted by Crippen LogP contribution is 2.34. The van der Waals surface area contributed by atoms with Gasteiger partial charge < -0.3 is 9.64 Å². The first kappa shape index (κ1) is 20.4. The maximum absolute atomic E-state index is 13.0. The Labute approximate surface area is 166 Å². The van der Waals surface area contributed by atoms with E-state index in [-0.39, 0.29) is 16.8 Å². The molecule has 0 bridgehead atoms. The third kappa shape index (κ3) is 4.20. The van der Waals surface area contributed by atoms with Gasteiger partial charge in [-0.3, -0.25) is 4.79 Å². The number of amides is 1. The Morgan fingerprint density at radius 3 is 2.46 bits per heavy atom. The lowest BCUT2D eigenvalue weighted by atomic mass is 10.0. The number of carbonyl (C=O) groups is 1. The molecule has 0 radical (unpaired) electrons. The van der Waals surface area contributed by atoms with Crippen molar-refractivity contribution in [2.45, 2.75) is 44.0 Å². The molecule has 0 aromatic heterocycles. The van der Waals surface area contributed by atoms with Gasteiger partial charge in [-0.15, -0.1) is 0 Å². The summed E-state index contributed by atoms with van der Waals surface area (Å²) >= 11 is 0. The van der Waals surface area contributed by atoms with Gasteiger partial charge in [0.2, 0.25) is 15.9 Å². The molecule has 2 aromatic carbocycles. The van der Waals surface area contributed by atoms with Crippen molar-refractivity contribution in [3.05, 3.63) is 53.6 Å². The molecule has 1 unspecified atom stereocenters. The predicted molar refractivity (Wildman–Crippen MR) is 109 cm³/mol. The smallest absolute Gasteiger partial charge is 0.241 e. The van der Waals surface area contributed by atoms with Crippen LogP contribution in [0.5, 0.6) is 5.75 Å². The minimum Gasteiger partial charge on any atom is -0.495 e. The fraction of sp³-hybridized carbons (Fsp3) is 0.381. The number of aryl methyl sites for hydroxylation is 1. The quantitative estimate of drug-likeness (QED) is 0.768. The topological polar surface area (TPSA) is 75.7 Å². The molecule has 1 amide bonds. The average Bonchev–Trinajstić information content (AvgIpc) is 3.12. The number of benzene rings is 2. The Hall–Kier alpha value is -2.38. The van der Waals surface area contributed by atoms with Crippen LogP contribution in [-0.2, 0) is 14.8 Å². The summed E-state index contributed by atoms with van der Waals surface area (Å²) in [7, 11) is -2.26. The molecule has 0 spiro atoms. The second kappa shape index (κ2) is 8.32. The molecule has 1 atom stereocenters. The van der Waals surface area contributed by atoms with Crippen LogP contribution in [-0.4, -0.2) is 28.0 Å². The Kier molecular flexibility index (Phi) is 6.05. The summed E-state index contributed by atoms with van der Waals surface area (Å²) in [6, 6.07) is 12.1. The standard InChI is InChI=1S/C21H26N2O4S/c1-4-18(16-9-7-15(2)8-10-16)22-28(25,26)17-11-12-20(27-3)19(14-17)23-13-5-6-21(23)24/h7-12,14,18,22H,4-6,13H2,1-3H3. The number of ether oxygens (including phenoxy) is 1. The highest BCUT2D eigenvalue weighted by Gasteiger charge is 2.27. The van der Waals surface area contributed by atoms with Gasteiger partial charge in [-0.05, 0) is 43.5 Å². The summed E-state index contributed by atoms with van der Waals surface area (Å²) < 4.78 is 34.2. The second-order valence-electron chi connectivity index (χ2n) is 6.98. The molecule has 28 heavy (non-hydrogen) atoms. The van der Waals surface area contributed by atoms with Gasteiger partial charge in [0.05, 0.1) is 17.7 Å². The van der Waals surface area contributed by atoms with Crippen LogP contribution in [0.2, 0.25) is 0 Å². The van der Waals surface area contributed by atoms with Crippen molar-refractivity contribution in [1.82, 2.24) is 4.72 Å². The van der Waals surface area contributed by atoms with Crippen molar-refractivity contribution in [3.63, 3.8) is 0 Å². The van der Waals surface area contributed by atoms with Crippen LogP contribution < -0.4 is 14.4 Å². The summed E-state index contributed by atoms with van der Waals surface area (Å²) in [6.45, 7) is 4.50. The van der Waals surface area contributed by atoms with Gasteiger partial charge in [0, 0.05) is 19.0 Å². The molecule has 1 aliphatic heterocycles. The third-order valence-electron chi connectivity index (χ3n) is 5.01. The van der Waals surface area contributed by atoms with E-state index in [4.69, 9.17) is 4.74 Å². The molecule has 3 rings (SSSR count). The minimum absolute atomic E-state index is 0.0214. The molecule has 0 aliphatic carbocycles. The fourth-order valence-corrected chi connectivity index (χ4v) is 4.72. The van der Waals surface area contributed by atoms with Crippen LogP contribution in [0, 0.1) is 6.92 Å². The van der Waals surface area contributed by atoms with Crippen molar-refractivity contribution in [1.29, 1.82) is 0 Å². The lowest BCUT2D eigenvalue weighted by molar-refractivity contribution is -0.117. The maximum Gasteiger partial charge on any atom is 0.241 e. The Bertz CT molecular complexity index is 955. The Balaban J connectivity index is 1.92. The molecule has 1 heterocycles. The van der Waals surface area contributed by atoms with Gasteiger partial charge in [-0.2, -0.15) is 0 Å². The molecule has 150 valence electrons. The maximum atomic E-state index is 13.0. The molecule has 6 nitrogen and oxygen atoms in total. The van der Waals surface area contributed by atoms with Crippen LogP contribution in [0.3, 0.4) is 0 Å². The van der Waals surface area contributed by atoms with Crippen LogP contribution in [0.25, 0.3) is 0 Å². The van der Waals surface area contributed by atoms with Gasteiger partial charge in [0.1, 0.15) is 5.75 Å². The van der Waals surface area contributed by atoms with Crippen molar-refractivity contribution in [2.24, 2.45) is 0 Å². The van der Waals surface area contributed by atoms with Crippen LogP contribution in [0.15, 0.2) is 47.4 Å². The van der Waals surface area contributed by atoms with E-state index in [9.17, 15) is 13.2 Å². The number of methoxy groups -OCH3 is 1. The summed E-state index contributed by atoms with van der Waals surface area (Å²) in [4.78, 5) is 13.9. The monoisotopic (exact) mass is 402 g/mol. The largest absolute Gasteiger partial charge is 0.495 e. The molecule has 1 N–H and O–H groups in total. The number of nitrogens with zero attached hydrogens (tertiary/aromatic N) is 1. The van der Waals surface area contributed by atoms with E-state index in [0.29, 0.717) is 30.8 Å². The van der Waals surface area contributed by atoms with Gasteiger partial charge in [-0.25, -0.2) is 13.1 Å². The minimum atomic E-state index is -3.77. The first-order valence-electron chi connectivity index (χ1n) is 9.43. The van der Waals surface area contributed by atoms with E-state index in [0.717, 1.165) is 17.5 Å². The van der Waals surface area contributed by atoms with Gasteiger partial charge >= 0.3 is 0 Å². The predicted octanol–water partition coefficient (Wildman–Crippen LogP) is 3.56. The molecule has 1 saturated heterocycles. The molecular formula is C21H26N2O4S. The summed E-state index contributed by atoms with van der Waals surface area (Å²) in [6.07, 6.45) is 1.84. The zero-order valence-corrected chi connectivity index (χ0v) is 17.3. The van der Waals surface area contributed by atoms with Crippen LogP contribution in [0.1, 0.15) is 43.4 Å². The van der Waals surface area contributed by atoms with Crippen molar-refractivity contribution >= 4 is 21.6 Å². The third-order valence-corrected chi connectivity index (χ3v) is 6.48. The van der Waals surface area contributed by atoms with Crippen LogP contribution in [0.4, 0.5) is 5.69 Å². The zero-order chi connectivity index (χ0) is 20.3. The van der Waals surface area contributed by atoms with Crippen molar-refractivity contribution in [3.8, 4) is 5.75 Å². The molecule has 1 fully saturated rings. The zero-order valence-electron chi connectivity index (χ0n) is 16.4. The number of sulfonamides is 1. The number of nitrogens with one attached hydrogen (secondary N) is 1. The van der Waals surface area contributed by atoms with E-state index in [1.807, 2.05) is 38.1 Å². The van der Waals surface area contributed by atoms with E-state index < -0.39 is 10.0 Å². The lowest BCUT2D eigenvalue weighted by Gasteiger charge is -2.21. The number of anilines is 1. The first-order chi connectivity index (χ1) is 13.4. The number of hydrogen-bond donors (Lipinski definition) is 1.